The quantitative estimate of drug-likeness (QED) is 0.564. The van der Waals surface area contributed by atoms with Crippen LogP contribution >= 0.6 is 23.2 Å². The SMILES string of the molecule is C[C@@H](C(=O)OC(C)(C)C)N1Cc2ccc(-c3nc(Cl)ncc3Cl)cc2C1=O. The van der Waals surface area contributed by atoms with Crippen LogP contribution in [0.4, 0.5) is 0 Å². The minimum atomic E-state index is -0.690. The molecule has 0 fully saturated rings. The number of fused-ring (bicyclic) bond motifs is 1. The Kier molecular flexibility index (Phi) is 5.14. The average Bonchev–Trinajstić information content (AvgIpc) is 2.91. The van der Waals surface area contributed by atoms with Gasteiger partial charge in [-0.2, -0.15) is 0 Å². The molecule has 6 nitrogen and oxygen atoms in total. The van der Waals surface area contributed by atoms with Gasteiger partial charge in [0.15, 0.2) is 0 Å². The maximum Gasteiger partial charge on any atom is 0.329 e. The Hall–Kier alpha value is -2.18. The predicted octanol–water partition coefficient (Wildman–Crippen LogP) is 4.14. The highest BCUT2D eigenvalue weighted by Crippen LogP contribution is 2.32. The Labute approximate surface area is 167 Å². The number of ether oxygens (including phenoxy) is 1. The van der Waals surface area contributed by atoms with Gasteiger partial charge in [-0.3, -0.25) is 4.79 Å². The Balaban J connectivity index is 1.88. The van der Waals surface area contributed by atoms with Gasteiger partial charge in [-0.15, -0.1) is 0 Å². The van der Waals surface area contributed by atoms with E-state index in [1.165, 1.54) is 11.1 Å². The molecule has 0 spiro atoms. The second kappa shape index (κ2) is 7.09. The first-order valence-corrected chi connectivity index (χ1v) is 9.17. The summed E-state index contributed by atoms with van der Waals surface area (Å²) in [6.45, 7) is 7.38. The van der Waals surface area contributed by atoms with Crippen molar-refractivity contribution >= 4 is 35.1 Å². The third-order valence-electron chi connectivity index (χ3n) is 4.15. The third kappa shape index (κ3) is 4.06. The molecule has 2 aromatic rings. The van der Waals surface area contributed by atoms with Gasteiger partial charge in [0.2, 0.25) is 5.28 Å². The summed E-state index contributed by atoms with van der Waals surface area (Å²) in [5, 5.41) is 0.408. The molecular weight excluding hydrogens is 389 g/mol. The van der Waals surface area contributed by atoms with Crippen molar-refractivity contribution in [2.45, 2.75) is 45.9 Å². The number of aromatic nitrogens is 2. The molecule has 2 heterocycles. The van der Waals surface area contributed by atoms with Crippen molar-refractivity contribution in [3.63, 3.8) is 0 Å². The lowest BCUT2D eigenvalue weighted by Gasteiger charge is -2.27. The summed E-state index contributed by atoms with van der Waals surface area (Å²) in [6.07, 6.45) is 1.41. The van der Waals surface area contributed by atoms with Crippen LogP contribution in [0.2, 0.25) is 10.3 Å². The van der Waals surface area contributed by atoms with Crippen LogP contribution in [0, 0.1) is 0 Å². The van der Waals surface area contributed by atoms with Gasteiger partial charge < -0.3 is 9.64 Å². The molecule has 0 saturated carbocycles. The highest BCUT2D eigenvalue weighted by atomic mass is 35.5. The number of nitrogens with zero attached hydrogens (tertiary/aromatic N) is 3. The number of hydrogen-bond acceptors (Lipinski definition) is 5. The number of halogens is 2. The molecule has 0 saturated heterocycles. The molecule has 0 radical (unpaired) electrons. The second-order valence-corrected chi connectivity index (χ2v) is 8.10. The Bertz CT molecular complexity index is 925. The van der Waals surface area contributed by atoms with Crippen molar-refractivity contribution in [3.05, 3.63) is 45.8 Å². The van der Waals surface area contributed by atoms with Crippen LogP contribution in [0.1, 0.15) is 43.6 Å². The van der Waals surface area contributed by atoms with E-state index in [0.717, 1.165) is 5.56 Å². The first-order chi connectivity index (χ1) is 12.6. The molecule has 142 valence electrons. The Morgan fingerprint density at radius 1 is 1.30 bits per heavy atom. The van der Waals surface area contributed by atoms with Crippen LogP contribution in [0.3, 0.4) is 0 Å². The van der Waals surface area contributed by atoms with Crippen LogP contribution in [0.15, 0.2) is 24.4 Å². The average molecular weight is 408 g/mol. The molecule has 1 aliphatic rings. The van der Waals surface area contributed by atoms with E-state index >= 15 is 0 Å². The summed E-state index contributed by atoms with van der Waals surface area (Å²) >= 11 is 12.0. The van der Waals surface area contributed by atoms with Crippen LogP contribution in [-0.2, 0) is 16.1 Å². The van der Waals surface area contributed by atoms with Gasteiger partial charge in [0.05, 0.1) is 16.9 Å². The molecule has 0 unspecified atom stereocenters. The molecule has 27 heavy (non-hydrogen) atoms. The van der Waals surface area contributed by atoms with Crippen molar-refractivity contribution in [1.82, 2.24) is 14.9 Å². The standard InChI is InChI=1S/C19H19Cl2N3O3/c1-10(17(26)27-19(2,3)4)24-9-12-6-5-11(7-13(12)16(24)25)15-14(20)8-22-18(21)23-15/h5-8,10H,9H2,1-4H3/t10-/m0/s1. The maximum atomic E-state index is 12.9. The van der Waals surface area contributed by atoms with E-state index in [1.807, 2.05) is 12.1 Å². The van der Waals surface area contributed by atoms with Gasteiger partial charge in [0.1, 0.15) is 11.6 Å². The number of hydrogen-bond donors (Lipinski definition) is 0. The van der Waals surface area contributed by atoms with Gasteiger partial charge in [0.25, 0.3) is 5.91 Å². The van der Waals surface area contributed by atoms with Gasteiger partial charge in [-0.1, -0.05) is 23.7 Å². The molecule has 1 aliphatic heterocycles. The number of amides is 1. The fraction of sp³-hybridized carbons (Fsp3) is 0.368. The maximum absolute atomic E-state index is 12.9. The number of rotatable bonds is 3. The van der Waals surface area contributed by atoms with Crippen molar-refractivity contribution in [1.29, 1.82) is 0 Å². The normalized spacial score (nSPS) is 14.9. The molecule has 8 heteroatoms. The fourth-order valence-electron chi connectivity index (χ4n) is 2.85. The Morgan fingerprint density at radius 3 is 2.67 bits per heavy atom. The number of esters is 1. The molecule has 0 aliphatic carbocycles. The van der Waals surface area contributed by atoms with E-state index in [9.17, 15) is 9.59 Å². The highest BCUT2D eigenvalue weighted by Gasteiger charge is 2.36. The molecule has 3 rings (SSSR count). The topological polar surface area (TPSA) is 72.4 Å². The summed E-state index contributed by atoms with van der Waals surface area (Å²) in [7, 11) is 0. The lowest BCUT2D eigenvalue weighted by atomic mass is 10.0. The monoisotopic (exact) mass is 407 g/mol. The summed E-state index contributed by atoms with van der Waals surface area (Å²) in [5.74, 6) is -0.670. The van der Waals surface area contributed by atoms with E-state index in [1.54, 1.807) is 33.8 Å². The summed E-state index contributed by atoms with van der Waals surface area (Å²) in [6, 6.07) is 4.67. The van der Waals surface area contributed by atoms with Crippen molar-refractivity contribution < 1.29 is 14.3 Å². The number of carbonyl (C=O) groups is 2. The van der Waals surface area contributed by atoms with Gasteiger partial charge in [-0.05, 0) is 50.9 Å². The van der Waals surface area contributed by atoms with E-state index in [4.69, 9.17) is 27.9 Å². The zero-order valence-corrected chi connectivity index (χ0v) is 16.9. The van der Waals surface area contributed by atoms with Gasteiger partial charge >= 0.3 is 5.97 Å². The molecule has 0 bridgehead atoms. The first kappa shape index (κ1) is 19.6. The van der Waals surface area contributed by atoms with Crippen molar-refractivity contribution in [2.24, 2.45) is 0 Å². The number of benzene rings is 1. The zero-order valence-electron chi connectivity index (χ0n) is 15.4. The van der Waals surface area contributed by atoms with Crippen LogP contribution < -0.4 is 0 Å². The summed E-state index contributed by atoms with van der Waals surface area (Å²) in [4.78, 5) is 34.7. The second-order valence-electron chi connectivity index (χ2n) is 7.35. The summed E-state index contributed by atoms with van der Waals surface area (Å²) < 4.78 is 5.40. The molecule has 1 amide bonds. The summed E-state index contributed by atoms with van der Waals surface area (Å²) in [5.41, 5.74) is 1.83. The minimum absolute atomic E-state index is 0.0707. The lowest BCUT2D eigenvalue weighted by molar-refractivity contribution is -0.159. The predicted molar refractivity (Wildman–Crippen MR) is 103 cm³/mol. The van der Waals surface area contributed by atoms with E-state index < -0.39 is 17.6 Å². The minimum Gasteiger partial charge on any atom is -0.458 e. The van der Waals surface area contributed by atoms with E-state index in [-0.39, 0.29) is 11.2 Å². The lowest BCUT2D eigenvalue weighted by Crippen LogP contribution is -2.42. The fourth-order valence-corrected chi connectivity index (χ4v) is 3.18. The molecule has 1 atom stereocenters. The Morgan fingerprint density at radius 2 is 2.00 bits per heavy atom. The largest absolute Gasteiger partial charge is 0.458 e. The third-order valence-corrected chi connectivity index (χ3v) is 4.60. The van der Waals surface area contributed by atoms with E-state index in [0.29, 0.717) is 28.4 Å². The highest BCUT2D eigenvalue weighted by molar-refractivity contribution is 6.33. The van der Waals surface area contributed by atoms with Crippen LogP contribution in [-0.4, -0.2) is 38.4 Å². The molecule has 1 aromatic heterocycles. The van der Waals surface area contributed by atoms with Crippen molar-refractivity contribution in [3.8, 4) is 11.3 Å². The first-order valence-electron chi connectivity index (χ1n) is 8.42. The van der Waals surface area contributed by atoms with Gasteiger partial charge in [-0.25, -0.2) is 14.8 Å². The van der Waals surface area contributed by atoms with Gasteiger partial charge in [0, 0.05) is 17.7 Å². The smallest absolute Gasteiger partial charge is 0.329 e. The van der Waals surface area contributed by atoms with Crippen LogP contribution in [0.5, 0.6) is 0 Å². The molecule has 0 N–H and O–H groups in total. The number of carbonyl (C=O) groups excluding carboxylic acids is 2. The van der Waals surface area contributed by atoms with E-state index in [2.05, 4.69) is 9.97 Å². The molecular formula is C19H19Cl2N3O3. The molecule has 1 aromatic carbocycles. The zero-order chi connectivity index (χ0) is 19.9. The van der Waals surface area contributed by atoms with Crippen LogP contribution in [0.25, 0.3) is 11.3 Å². The van der Waals surface area contributed by atoms with Crippen molar-refractivity contribution in [2.75, 3.05) is 0 Å².